The molecule has 3 heteroatoms. The number of rotatable bonds is 8. The molecule has 0 heterocycles. The monoisotopic (exact) mass is 253 g/mol. The standard InChI is InChI=1S/C14H20ClNO/c15-11-5-4-10-14(17)16-12-6-9-13-7-2-1-3-8-13/h1-3,7-8H,4-6,9-12H2,(H,16,17). The van der Waals surface area contributed by atoms with Crippen molar-refractivity contribution in [1.29, 1.82) is 0 Å². The third-order valence-corrected chi connectivity index (χ3v) is 2.86. The first-order valence-electron chi connectivity index (χ1n) is 6.19. The molecular weight excluding hydrogens is 234 g/mol. The van der Waals surface area contributed by atoms with Gasteiger partial charge in [-0.05, 0) is 31.2 Å². The van der Waals surface area contributed by atoms with Crippen molar-refractivity contribution in [1.82, 2.24) is 5.32 Å². The Morgan fingerprint density at radius 3 is 2.59 bits per heavy atom. The number of carbonyl (C=O) groups is 1. The number of nitrogens with one attached hydrogen (secondary N) is 1. The van der Waals surface area contributed by atoms with Gasteiger partial charge in [-0.25, -0.2) is 0 Å². The Labute approximate surface area is 108 Å². The van der Waals surface area contributed by atoms with Crippen LogP contribution >= 0.6 is 11.6 Å². The van der Waals surface area contributed by atoms with E-state index in [-0.39, 0.29) is 5.91 Å². The molecule has 0 radical (unpaired) electrons. The van der Waals surface area contributed by atoms with Crippen molar-refractivity contribution in [3.63, 3.8) is 0 Å². The van der Waals surface area contributed by atoms with E-state index in [1.807, 2.05) is 18.2 Å². The van der Waals surface area contributed by atoms with Gasteiger partial charge in [0.05, 0.1) is 0 Å². The zero-order valence-corrected chi connectivity index (χ0v) is 10.9. The summed E-state index contributed by atoms with van der Waals surface area (Å²) in [6.45, 7) is 0.759. The maximum atomic E-state index is 11.4. The Balaban J connectivity index is 2.02. The van der Waals surface area contributed by atoms with E-state index in [2.05, 4.69) is 17.4 Å². The molecule has 1 N–H and O–H groups in total. The Kier molecular flexibility index (Phi) is 7.48. The topological polar surface area (TPSA) is 29.1 Å². The maximum absolute atomic E-state index is 11.4. The van der Waals surface area contributed by atoms with E-state index in [9.17, 15) is 4.79 Å². The van der Waals surface area contributed by atoms with E-state index in [1.54, 1.807) is 0 Å². The van der Waals surface area contributed by atoms with Gasteiger partial charge < -0.3 is 5.32 Å². The van der Waals surface area contributed by atoms with Crippen molar-refractivity contribution in [3.8, 4) is 0 Å². The number of amides is 1. The molecule has 0 spiro atoms. The number of aryl methyl sites for hydroxylation is 1. The number of hydrogen-bond donors (Lipinski definition) is 1. The first-order chi connectivity index (χ1) is 8.33. The van der Waals surface area contributed by atoms with Crippen LogP contribution in [0.3, 0.4) is 0 Å². The molecule has 0 fully saturated rings. The average molecular weight is 254 g/mol. The van der Waals surface area contributed by atoms with Crippen LogP contribution in [0.4, 0.5) is 0 Å². The molecule has 0 aliphatic rings. The maximum Gasteiger partial charge on any atom is 0.219 e. The van der Waals surface area contributed by atoms with Gasteiger partial charge in [-0.2, -0.15) is 0 Å². The Morgan fingerprint density at radius 2 is 1.88 bits per heavy atom. The van der Waals surface area contributed by atoms with E-state index >= 15 is 0 Å². The van der Waals surface area contributed by atoms with Crippen LogP contribution in [-0.4, -0.2) is 18.3 Å². The van der Waals surface area contributed by atoms with Crippen LogP contribution < -0.4 is 5.32 Å². The van der Waals surface area contributed by atoms with Crippen molar-refractivity contribution in [2.75, 3.05) is 12.4 Å². The summed E-state index contributed by atoms with van der Waals surface area (Å²) < 4.78 is 0. The second-order valence-corrected chi connectivity index (χ2v) is 4.46. The lowest BCUT2D eigenvalue weighted by Crippen LogP contribution is -2.24. The van der Waals surface area contributed by atoms with Gasteiger partial charge in [0.2, 0.25) is 5.91 Å². The molecule has 1 amide bonds. The van der Waals surface area contributed by atoms with E-state index in [1.165, 1.54) is 5.56 Å². The van der Waals surface area contributed by atoms with Gasteiger partial charge in [0.25, 0.3) is 0 Å². The Morgan fingerprint density at radius 1 is 1.12 bits per heavy atom. The van der Waals surface area contributed by atoms with Crippen molar-refractivity contribution in [3.05, 3.63) is 35.9 Å². The lowest BCUT2D eigenvalue weighted by molar-refractivity contribution is -0.121. The highest BCUT2D eigenvalue weighted by Gasteiger charge is 1.99. The minimum atomic E-state index is 0.142. The van der Waals surface area contributed by atoms with Crippen molar-refractivity contribution in [2.45, 2.75) is 32.1 Å². The molecular formula is C14H20ClNO. The van der Waals surface area contributed by atoms with Crippen molar-refractivity contribution in [2.24, 2.45) is 0 Å². The molecule has 0 saturated heterocycles. The molecule has 0 bridgehead atoms. The normalized spacial score (nSPS) is 10.2. The molecule has 0 aliphatic carbocycles. The molecule has 2 nitrogen and oxygen atoms in total. The molecule has 0 saturated carbocycles. The highest BCUT2D eigenvalue weighted by atomic mass is 35.5. The Bertz CT molecular complexity index is 313. The zero-order chi connectivity index (χ0) is 12.3. The highest BCUT2D eigenvalue weighted by molar-refractivity contribution is 6.17. The fourth-order valence-corrected chi connectivity index (χ4v) is 1.82. The minimum absolute atomic E-state index is 0.142. The van der Waals surface area contributed by atoms with Gasteiger partial charge in [0, 0.05) is 18.8 Å². The van der Waals surface area contributed by atoms with E-state index in [0.717, 1.165) is 32.2 Å². The van der Waals surface area contributed by atoms with Gasteiger partial charge in [0.1, 0.15) is 0 Å². The van der Waals surface area contributed by atoms with Crippen LogP contribution in [0.2, 0.25) is 0 Å². The number of unbranched alkanes of at least 4 members (excludes halogenated alkanes) is 1. The molecule has 0 atom stereocenters. The number of halogens is 1. The molecule has 17 heavy (non-hydrogen) atoms. The van der Waals surface area contributed by atoms with Crippen molar-refractivity contribution < 1.29 is 4.79 Å². The van der Waals surface area contributed by atoms with Crippen LogP contribution in [0, 0.1) is 0 Å². The second-order valence-electron chi connectivity index (χ2n) is 4.09. The molecule has 1 aromatic carbocycles. The van der Waals surface area contributed by atoms with Gasteiger partial charge in [-0.3, -0.25) is 4.79 Å². The molecule has 94 valence electrons. The molecule has 0 unspecified atom stereocenters. The first kappa shape index (κ1) is 14.0. The fourth-order valence-electron chi connectivity index (χ4n) is 1.63. The lowest BCUT2D eigenvalue weighted by atomic mass is 10.1. The van der Waals surface area contributed by atoms with E-state index < -0.39 is 0 Å². The number of benzene rings is 1. The predicted octanol–water partition coefficient (Wildman–Crippen LogP) is 3.14. The van der Waals surface area contributed by atoms with E-state index in [4.69, 9.17) is 11.6 Å². The summed E-state index contributed by atoms with van der Waals surface area (Å²) in [4.78, 5) is 11.4. The van der Waals surface area contributed by atoms with Crippen LogP contribution in [0.5, 0.6) is 0 Å². The molecule has 1 rings (SSSR count). The highest BCUT2D eigenvalue weighted by Crippen LogP contribution is 2.02. The third-order valence-electron chi connectivity index (χ3n) is 2.59. The summed E-state index contributed by atoms with van der Waals surface area (Å²) in [5.74, 6) is 0.782. The quantitative estimate of drug-likeness (QED) is 0.560. The summed E-state index contributed by atoms with van der Waals surface area (Å²) in [5, 5.41) is 2.93. The smallest absolute Gasteiger partial charge is 0.219 e. The predicted molar refractivity (Wildman–Crippen MR) is 72.3 cm³/mol. The molecule has 0 aromatic heterocycles. The summed E-state index contributed by atoms with van der Waals surface area (Å²) >= 11 is 5.55. The summed E-state index contributed by atoms with van der Waals surface area (Å²) in [7, 11) is 0. The van der Waals surface area contributed by atoms with Crippen LogP contribution in [-0.2, 0) is 11.2 Å². The zero-order valence-electron chi connectivity index (χ0n) is 10.1. The van der Waals surface area contributed by atoms with Gasteiger partial charge in [0.15, 0.2) is 0 Å². The van der Waals surface area contributed by atoms with Crippen LogP contribution in [0.25, 0.3) is 0 Å². The van der Waals surface area contributed by atoms with Crippen LogP contribution in [0.1, 0.15) is 31.2 Å². The second kappa shape index (κ2) is 9.06. The summed E-state index contributed by atoms with van der Waals surface area (Å²) in [6.07, 6.45) is 4.40. The van der Waals surface area contributed by atoms with Crippen LogP contribution in [0.15, 0.2) is 30.3 Å². The SMILES string of the molecule is O=C(CCCCCl)NCCCc1ccccc1. The van der Waals surface area contributed by atoms with E-state index in [0.29, 0.717) is 12.3 Å². The van der Waals surface area contributed by atoms with Gasteiger partial charge in [-0.15, -0.1) is 11.6 Å². The summed E-state index contributed by atoms with van der Waals surface area (Å²) in [5.41, 5.74) is 1.32. The van der Waals surface area contributed by atoms with Crippen molar-refractivity contribution >= 4 is 17.5 Å². The number of alkyl halides is 1. The third kappa shape index (κ3) is 7.01. The number of hydrogen-bond acceptors (Lipinski definition) is 1. The Hall–Kier alpha value is -1.02. The summed E-state index contributed by atoms with van der Waals surface area (Å²) in [6, 6.07) is 10.3. The fraction of sp³-hybridized carbons (Fsp3) is 0.500. The molecule has 1 aromatic rings. The van der Waals surface area contributed by atoms with Gasteiger partial charge >= 0.3 is 0 Å². The first-order valence-corrected chi connectivity index (χ1v) is 6.73. The average Bonchev–Trinajstić information content (AvgIpc) is 2.36. The lowest BCUT2D eigenvalue weighted by Gasteiger charge is -2.04. The largest absolute Gasteiger partial charge is 0.356 e. The molecule has 0 aliphatic heterocycles. The number of carbonyl (C=O) groups excluding carboxylic acids is 1. The minimum Gasteiger partial charge on any atom is -0.356 e. The van der Waals surface area contributed by atoms with Gasteiger partial charge in [-0.1, -0.05) is 30.3 Å².